The largest absolute Gasteiger partial charge is 0.481 e. The van der Waals surface area contributed by atoms with Gasteiger partial charge in [-0.05, 0) is 44.9 Å². The lowest BCUT2D eigenvalue weighted by Gasteiger charge is -2.07. The summed E-state index contributed by atoms with van der Waals surface area (Å²) in [5.74, 6) is -1.61. The van der Waals surface area contributed by atoms with E-state index in [4.69, 9.17) is 9.84 Å². The molecular formula is C28H50O6. The Hall–Kier alpha value is -1.69. The second-order valence-electron chi connectivity index (χ2n) is 9.38. The fraction of sp³-hybridized carbons (Fsp3) is 0.821. The number of hydrogen-bond donors (Lipinski definition) is 2. The average molecular weight is 483 g/mol. The van der Waals surface area contributed by atoms with Gasteiger partial charge in [0.15, 0.2) is 0 Å². The van der Waals surface area contributed by atoms with Gasteiger partial charge in [-0.1, -0.05) is 89.7 Å². The van der Waals surface area contributed by atoms with Crippen molar-refractivity contribution in [2.75, 3.05) is 0 Å². The molecule has 0 aromatic rings. The number of esters is 2. The number of aliphatic hydroxyl groups is 1. The number of carboxylic acids is 1. The van der Waals surface area contributed by atoms with E-state index in [9.17, 15) is 19.5 Å². The fourth-order valence-corrected chi connectivity index (χ4v) is 3.84. The molecule has 0 radical (unpaired) electrons. The van der Waals surface area contributed by atoms with Crippen LogP contribution in [0.25, 0.3) is 0 Å². The molecule has 0 aliphatic heterocycles. The van der Waals surface area contributed by atoms with Crippen molar-refractivity contribution in [2.45, 2.75) is 148 Å². The zero-order chi connectivity index (χ0) is 25.3. The number of carbonyl (C=O) groups is 3. The van der Waals surface area contributed by atoms with Gasteiger partial charge in [0.1, 0.15) is 0 Å². The van der Waals surface area contributed by atoms with E-state index in [1.807, 2.05) is 0 Å². The Bertz CT molecular complexity index is 543. The molecule has 6 nitrogen and oxygen atoms in total. The van der Waals surface area contributed by atoms with Gasteiger partial charge in [0.2, 0.25) is 0 Å². The van der Waals surface area contributed by atoms with Gasteiger partial charge in [-0.3, -0.25) is 14.4 Å². The van der Waals surface area contributed by atoms with E-state index in [-0.39, 0.29) is 18.9 Å². The lowest BCUT2D eigenvalue weighted by Crippen LogP contribution is -2.11. The van der Waals surface area contributed by atoms with Crippen LogP contribution in [0.5, 0.6) is 0 Å². The molecule has 198 valence electrons. The van der Waals surface area contributed by atoms with Crippen molar-refractivity contribution in [3.8, 4) is 0 Å². The van der Waals surface area contributed by atoms with Crippen LogP contribution in [0.2, 0.25) is 0 Å². The molecule has 2 N–H and O–H groups in total. The Labute approximate surface area is 207 Å². The van der Waals surface area contributed by atoms with Gasteiger partial charge in [0.05, 0.1) is 6.10 Å². The van der Waals surface area contributed by atoms with Crippen LogP contribution in [0.15, 0.2) is 12.2 Å². The van der Waals surface area contributed by atoms with Crippen molar-refractivity contribution >= 4 is 17.9 Å². The predicted octanol–water partition coefficient (Wildman–Crippen LogP) is 7.27. The quantitative estimate of drug-likeness (QED) is 0.0649. The maximum Gasteiger partial charge on any atom is 0.313 e. The fourth-order valence-electron chi connectivity index (χ4n) is 3.84. The molecule has 0 aliphatic carbocycles. The first-order chi connectivity index (χ1) is 16.5. The maximum absolute atomic E-state index is 11.8. The minimum atomic E-state index is -0.753. The molecule has 0 bridgehead atoms. The highest BCUT2D eigenvalue weighted by Crippen LogP contribution is 2.12. The number of allylic oxidation sites excluding steroid dienone is 1. The van der Waals surface area contributed by atoms with Crippen LogP contribution in [-0.4, -0.2) is 34.2 Å². The predicted molar refractivity (Wildman–Crippen MR) is 137 cm³/mol. The van der Waals surface area contributed by atoms with Crippen molar-refractivity contribution < 1.29 is 29.3 Å². The molecule has 0 saturated carbocycles. The Morgan fingerprint density at radius 1 is 0.676 bits per heavy atom. The van der Waals surface area contributed by atoms with E-state index in [2.05, 4.69) is 19.1 Å². The molecule has 0 heterocycles. The van der Waals surface area contributed by atoms with Gasteiger partial charge in [0.25, 0.3) is 0 Å². The topological polar surface area (TPSA) is 101 Å². The summed E-state index contributed by atoms with van der Waals surface area (Å²) < 4.78 is 4.88. The molecule has 0 aromatic heterocycles. The summed E-state index contributed by atoms with van der Waals surface area (Å²) in [7, 11) is 0. The molecule has 0 fully saturated rings. The van der Waals surface area contributed by atoms with Crippen molar-refractivity contribution in [1.29, 1.82) is 0 Å². The minimum absolute atomic E-state index is 0.207. The van der Waals surface area contributed by atoms with Crippen LogP contribution in [-0.2, 0) is 19.1 Å². The summed E-state index contributed by atoms with van der Waals surface area (Å²) in [6.07, 6.45) is 22.5. The van der Waals surface area contributed by atoms with E-state index in [0.717, 1.165) is 83.5 Å². The number of rotatable bonds is 24. The smallest absolute Gasteiger partial charge is 0.313 e. The second kappa shape index (κ2) is 24.4. The monoisotopic (exact) mass is 482 g/mol. The summed E-state index contributed by atoms with van der Waals surface area (Å²) >= 11 is 0. The van der Waals surface area contributed by atoms with Gasteiger partial charge in [-0.2, -0.15) is 0 Å². The summed E-state index contributed by atoms with van der Waals surface area (Å²) in [6.45, 7) is 2.19. The van der Waals surface area contributed by atoms with Gasteiger partial charge in [0, 0.05) is 19.3 Å². The Morgan fingerprint density at radius 2 is 1.18 bits per heavy atom. The molecule has 0 spiro atoms. The first-order valence-electron chi connectivity index (χ1n) is 13.7. The molecular weight excluding hydrogens is 432 g/mol. The number of aliphatic hydroxyl groups excluding tert-OH is 1. The standard InChI is InChI=1S/C28H50O6/c1-2-3-4-15-20-25(29)21-16-11-7-5-6-8-13-18-23-27(32)34-28(33)24-19-14-10-9-12-17-22-26(30)31/h11,16,25,29H,2-10,12-15,17-24H2,1H3,(H,30,31)/b16-11-/t25-/m1/s1. The van der Waals surface area contributed by atoms with Crippen molar-refractivity contribution in [1.82, 2.24) is 0 Å². The molecule has 0 aromatic carbocycles. The lowest BCUT2D eigenvalue weighted by molar-refractivity contribution is -0.159. The Kier molecular flexibility index (Phi) is 23.2. The molecule has 6 heteroatoms. The number of carboxylic acid groups (broad SMARTS) is 1. The second-order valence-corrected chi connectivity index (χ2v) is 9.38. The SMILES string of the molecule is CCCCCC[C@@H](O)C/C=C\CCCCCCCC(=O)OC(=O)CCCCCCCCC(=O)O. The number of unbranched alkanes of at least 4 members (excludes halogenated alkanes) is 13. The van der Waals surface area contributed by atoms with Gasteiger partial charge in [-0.15, -0.1) is 0 Å². The first kappa shape index (κ1) is 32.3. The van der Waals surface area contributed by atoms with Crippen molar-refractivity contribution in [3.63, 3.8) is 0 Å². The summed E-state index contributed by atoms with van der Waals surface area (Å²) in [6, 6.07) is 0. The lowest BCUT2D eigenvalue weighted by atomic mass is 10.1. The third kappa shape index (κ3) is 24.9. The van der Waals surface area contributed by atoms with Crippen LogP contribution in [0.4, 0.5) is 0 Å². The number of hydrogen-bond acceptors (Lipinski definition) is 5. The maximum atomic E-state index is 11.8. The van der Waals surface area contributed by atoms with E-state index in [1.54, 1.807) is 0 Å². The molecule has 0 unspecified atom stereocenters. The van der Waals surface area contributed by atoms with Crippen molar-refractivity contribution in [2.24, 2.45) is 0 Å². The third-order valence-electron chi connectivity index (χ3n) is 5.97. The summed E-state index contributed by atoms with van der Waals surface area (Å²) in [4.78, 5) is 33.9. The molecule has 0 rings (SSSR count). The van der Waals surface area contributed by atoms with Crippen LogP contribution in [0.3, 0.4) is 0 Å². The molecule has 34 heavy (non-hydrogen) atoms. The number of ether oxygens (including phenoxy) is 1. The summed E-state index contributed by atoms with van der Waals surface area (Å²) in [5.41, 5.74) is 0. The van der Waals surface area contributed by atoms with E-state index in [1.165, 1.54) is 19.3 Å². The normalized spacial score (nSPS) is 12.2. The van der Waals surface area contributed by atoms with Crippen LogP contribution >= 0.6 is 0 Å². The van der Waals surface area contributed by atoms with E-state index >= 15 is 0 Å². The third-order valence-corrected chi connectivity index (χ3v) is 5.97. The van der Waals surface area contributed by atoms with Gasteiger partial charge >= 0.3 is 17.9 Å². The Morgan fingerprint density at radius 3 is 1.74 bits per heavy atom. The van der Waals surface area contributed by atoms with Crippen LogP contribution in [0, 0.1) is 0 Å². The molecule has 0 saturated heterocycles. The van der Waals surface area contributed by atoms with Gasteiger partial charge < -0.3 is 14.9 Å². The summed E-state index contributed by atoms with van der Waals surface area (Å²) in [5, 5.41) is 18.5. The average Bonchev–Trinajstić information content (AvgIpc) is 2.79. The number of carbonyl (C=O) groups excluding carboxylic acids is 2. The van der Waals surface area contributed by atoms with Crippen LogP contribution in [0.1, 0.15) is 142 Å². The molecule has 0 amide bonds. The first-order valence-corrected chi connectivity index (χ1v) is 13.7. The van der Waals surface area contributed by atoms with Gasteiger partial charge in [-0.25, -0.2) is 0 Å². The Balaban J connectivity index is 3.45. The minimum Gasteiger partial charge on any atom is -0.481 e. The van der Waals surface area contributed by atoms with E-state index < -0.39 is 17.9 Å². The zero-order valence-electron chi connectivity index (χ0n) is 21.6. The van der Waals surface area contributed by atoms with Crippen molar-refractivity contribution in [3.05, 3.63) is 12.2 Å². The highest BCUT2D eigenvalue weighted by atomic mass is 16.6. The molecule has 1 atom stereocenters. The highest BCUT2D eigenvalue weighted by molar-refractivity contribution is 5.85. The zero-order valence-corrected chi connectivity index (χ0v) is 21.6. The van der Waals surface area contributed by atoms with E-state index in [0.29, 0.717) is 19.3 Å². The molecule has 0 aliphatic rings. The highest BCUT2D eigenvalue weighted by Gasteiger charge is 2.10. The van der Waals surface area contributed by atoms with Crippen LogP contribution < -0.4 is 0 Å². The number of aliphatic carboxylic acids is 1.